The monoisotopic (exact) mass is 353 g/mol. The lowest BCUT2D eigenvalue weighted by Gasteiger charge is -2.09. The third-order valence-corrected chi connectivity index (χ3v) is 5.47. The molecule has 0 saturated heterocycles. The van der Waals surface area contributed by atoms with Gasteiger partial charge < -0.3 is 10.2 Å². The molecule has 0 aliphatic carbocycles. The Morgan fingerprint density at radius 1 is 1.33 bits per heavy atom. The second-order valence-corrected chi connectivity index (χ2v) is 7.40. The maximum Gasteiger partial charge on any atom is 0.335 e. The first-order chi connectivity index (χ1) is 9.88. The zero-order chi connectivity index (χ0) is 15.9. The fraction of sp³-hybridized carbons (Fsp3) is 0.417. The molecule has 1 rings (SSSR count). The van der Waals surface area contributed by atoms with Crippen LogP contribution in [0.5, 0.6) is 0 Å². The van der Waals surface area contributed by atoms with Crippen LogP contribution in [0, 0.1) is 0 Å². The van der Waals surface area contributed by atoms with Crippen LogP contribution in [0.1, 0.15) is 16.8 Å². The molecule has 0 radical (unpaired) electrons. The van der Waals surface area contributed by atoms with Crippen molar-refractivity contribution in [2.24, 2.45) is 0 Å². The molecule has 21 heavy (non-hydrogen) atoms. The van der Waals surface area contributed by atoms with Crippen LogP contribution in [0.3, 0.4) is 0 Å². The van der Waals surface area contributed by atoms with Crippen molar-refractivity contribution in [2.45, 2.75) is 11.3 Å². The number of thioether (sulfide) groups is 1. The zero-order valence-electron chi connectivity index (χ0n) is 11.1. The predicted octanol–water partition coefficient (Wildman–Crippen LogP) is 1.43. The van der Waals surface area contributed by atoms with Gasteiger partial charge in [-0.3, -0.25) is 0 Å². The van der Waals surface area contributed by atoms with Crippen molar-refractivity contribution in [3.8, 4) is 0 Å². The Balaban J connectivity index is 2.70. The van der Waals surface area contributed by atoms with Gasteiger partial charge in [0.25, 0.3) is 0 Å². The number of benzene rings is 1. The molecule has 0 spiro atoms. The normalized spacial score (nSPS) is 11.5. The van der Waals surface area contributed by atoms with Gasteiger partial charge in [0.05, 0.1) is 10.6 Å². The van der Waals surface area contributed by atoms with Gasteiger partial charge in [0.15, 0.2) is 0 Å². The minimum atomic E-state index is -3.85. The van der Waals surface area contributed by atoms with Gasteiger partial charge >= 0.3 is 5.97 Å². The highest BCUT2D eigenvalue weighted by Gasteiger charge is 2.19. The summed E-state index contributed by atoms with van der Waals surface area (Å²) in [6.45, 7) is 0.308. The number of halogens is 1. The van der Waals surface area contributed by atoms with Crippen molar-refractivity contribution in [2.75, 3.05) is 24.7 Å². The van der Waals surface area contributed by atoms with Crippen LogP contribution in [0.15, 0.2) is 23.1 Å². The number of aromatic carboxylic acids is 1. The maximum atomic E-state index is 12.1. The van der Waals surface area contributed by atoms with E-state index in [0.29, 0.717) is 12.2 Å². The average molecular weight is 354 g/mol. The number of rotatable bonds is 9. The fourth-order valence-corrected chi connectivity index (χ4v) is 3.91. The van der Waals surface area contributed by atoms with Crippen LogP contribution in [0.2, 0.25) is 5.02 Å². The van der Waals surface area contributed by atoms with E-state index in [-0.39, 0.29) is 28.6 Å². The highest BCUT2D eigenvalue weighted by atomic mass is 35.5. The molecule has 3 N–H and O–H groups in total. The van der Waals surface area contributed by atoms with Gasteiger partial charge in [0, 0.05) is 18.9 Å². The van der Waals surface area contributed by atoms with Crippen molar-refractivity contribution in [3.05, 3.63) is 28.8 Å². The van der Waals surface area contributed by atoms with Crippen molar-refractivity contribution in [1.29, 1.82) is 0 Å². The number of aliphatic hydroxyl groups excluding tert-OH is 1. The Morgan fingerprint density at radius 2 is 2.05 bits per heavy atom. The number of hydrogen-bond acceptors (Lipinski definition) is 5. The number of nitrogens with one attached hydrogen (secondary N) is 1. The predicted molar refractivity (Wildman–Crippen MR) is 82.6 cm³/mol. The summed E-state index contributed by atoms with van der Waals surface area (Å²) >= 11 is 7.33. The number of aliphatic hydroxyl groups is 1. The number of carboxylic acids is 1. The fourth-order valence-electron chi connectivity index (χ4n) is 1.44. The molecule has 118 valence electrons. The zero-order valence-corrected chi connectivity index (χ0v) is 13.5. The molecule has 6 nitrogen and oxygen atoms in total. The summed E-state index contributed by atoms with van der Waals surface area (Å²) in [5.74, 6) is 0.0749. The summed E-state index contributed by atoms with van der Waals surface area (Å²) in [7, 11) is -3.85. The van der Waals surface area contributed by atoms with Gasteiger partial charge in [-0.1, -0.05) is 11.6 Å². The van der Waals surface area contributed by atoms with Crippen molar-refractivity contribution in [3.63, 3.8) is 0 Å². The number of hydrogen-bond donors (Lipinski definition) is 3. The van der Waals surface area contributed by atoms with E-state index in [1.165, 1.54) is 23.9 Å². The molecule has 0 aliphatic rings. The van der Waals surface area contributed by atoms with Crippen LogP contribution in [-0.4, -0.2) is 49.3 Å². The molecule has 0 aromatic heterocycles. The van der Waals surface area contributed by atoms with E-state index in [2.05, 4.69) is 4.72 Å². The summed E-state index contributed by atoms with van der Waals surface area (Å²) in [6, 6.07) is 3.52. The van der Waals surface area contributed by atoms with Gasteiger partial charge in [-0.05, 0) is 30.4 Å². The van der Waals surface area contributed by atoms with Gasteiger partial charge in [0.2, 0.25) is 10.0 Å². The molecule has 1 aromatic carbocycles. The Morgan fingerprint density at radius 3 is 2.67 bits per heavy atom. The van der Waals surface area contributed by atoms with Crippen LogP contribution < -0.4 is 4.72 Å². The Bertz CT molecular complexity index is 591. The second-order valence-electron chi connectivity index (χ2n) is 4.04. The van der Waals surface area contributed by atoms with Crippen LogP contribution in [0.4, 0.5) is 0 Å². The van der Waals surface area contributed by atoms with E-state index < -0.39 is 16.0 Å². The van der Waals surface area contributed by atoms with Gasteiger partial charge in [-0.2, -0.15) is 11.8 Å². The van der Waals surface area contributed by atoms with Crippen LogP contribution in [-0.2, 0) is 10.0 Å². The lowest BCUT2D eigenvalue weighted by molar-refractivity contribution is 0.0696. The quantitative estimate of drug-likeness (QED) is 0.580. The number of sulfonamides is 1. The highest BCUT2D eigenvalue weighted by Crippen LogP contribution is 2.22. The van der Waals surface area contributed by atoms with E-state index in [9.17, 15) is 13.2 Å². The van der Waals surface area contributed by atoms with Gasteiger partial charge in [-0.25, -0.2) is 17.9 Å². The summed E-state index contributed by atoms with van der Waals surface area (Å²) in [5, 5.41) is 17.5. The number of carbonyl (C=O) groups is 1. The Labute approximate surface area is 132 Å². The van der Waals surface area contributed by atoms with E-state index >= 15 is 0 Å². The summed E-state index contributed by atoms with van der Waals surface area (Å²) in [4.78, 5) is 10.6. The third kappa shape index (κ3) is 5.84. The van der Waals surface area contributed by atoms with Crippen molar-refractivity contribution >= 4 is 39.4 Å². The van der Waals surface area contributed by atoms with E-state index in [0.717, 1.165) is 11.8 Å². The maximum absolute atomic E-state index is 12.1. The Kier molecular flexibility index (Phi) is 7.47. The standard InChI is InChI=1S/C12H16ClNO5S2/c13-10-3-2-9(12(16)17)8-11(10)21(18,19)14-4-7-20-6-1-5-15/h2-3,8,14-15H,1,4-7H2,(H,16,17). The van der Waals surface area contributed by atoms with E-state index in [4.69, 9.17) is 21.8 Å². The molecule has 0 heterocycles. The average Bonchev–Trinajstić information content (AvgIpc) is 2.42. The summed E-state index contributed by atoms with van der Waals surface area (Å²) < 4.78 is 26.5. The number of carboxylic acid groups (broad SMARTS) is 1. The molecule has 0 unspecified atom stereocenters. The molecule has 0 fully saturated rings. The van der Waals surface area contributed by atoms with Crippen LogP contribution >= 0.6 is 23.4 Å². The molecule has 0 bridgehead atoms. The summed E-state index contributed by atoms with van der Waals surface area (Å²) in [5.41, 5.74) is -0.142. The minimum Gasteiger partial charge on any atom is -0.478 e. The van der Waals surface area contributed by atoms with Gasteiger partial charge in [-0.15, -0.1) is 0 Å². The molecular formula is C12H16ClNO5S2. The lowest BCUT2D eigenvalue weighted by Crippen LogP contribution is -2.26. The SMILES string of the molecule is O=C(O)c1ccc(Cl)c(S(=O)(=O)NCCSCCCO)c1. The first-order valence-electron chi connectivity index (χ1n) is 6.09. The molecular weight excluding hydrogens is 338 g/mol. The smallest absolute Gasteiger partial charge is 0.335 e. The Hall–Kier alpha value is -0.800. The largest absolute Gasteiger partial charge is 0.478 e. The van der Waals surface area contributed by atoms with Crippen molar-refractivity contribution < 1.29 is 23.4 Å². The molecule has 0 atom stereocenters. The topological polar surface area (TPSA) is 104 Å². The molecule has 1 aromatic rings. The second kappa shape index (κ2) is 8.60. The third-order valence-electron chi connectivity index (χ3n) is 2.45. The summed E-state index contributed by atoms with van der Waals surface area (Å²) in [6.07, 6.45) is 0.657. The first-order valence-corrected chi connectivity index (χ1v) is 9.11. The van der Waals surface area contributed by atoms with Gasteiger partial charge in [0.1, 0.15) is 4.90 Å². The first kappa shape index (κ1) is 18.2. The van der Waals surface area contributed by atoms with E-state index in [1.54, 1.807) is 0 Å². The molecule has 0 aliphatic heterocycles. The molecule has 9 heteroatoms. The minimum absolute atomic E-state index is 0.0274. The molecule has 0 saturated carbocycles. The lowest BCUT2D eigenvalue weighted by atomic mass is 10.2. The van der Waals surface area contributed by atoms with E-state index in [1.807, 2.05) is 0 Å². The highest BCUT2D eigenvalue weighted by molar-refractivity contribution is 7.99. The van der Waals surface area contributed by atoms with Crippen molar-refractivity contribution in [1.82, 2.24) is 4.72 Å². The molecule has 0 amide bonds. The van der Waals surface area contributed by atoms with Crippen LogP contribution in [0.25, 0.3) is 0 Å².